The number of hydrogen-bond donors (Lipinski definition) is 2. The number of sulfonamides is 1. The number of nitrogens with one attached hydrogen (secondary N) is 1. The number of aliphatic carboxylic acids is 1. The third kappa shape index (κ3) is 6.01. The minimum atomic E-state index is -3.83. The van der Waals surface area contributed by atoms with Crippen LogP contribution in [0.4, 0.5) is 0 Å². The van der Waals surface area contributed by atoms with Crippen LogP contribution in [0.1, 0.15) is 88.6 Å². The van der Waals surface area contributed by atoms with Gasteiger partial charge in [-0.15, -0.1) is 0 Å². The Balaban J connectivity index is 2.03. The molecule has 1 aromatic heterocycles. The summed E-state index contributed by atoms with van der Waals surface area (Å²) >= 11 is 0. The SMILES string of the molecule is COc1ccc(-c2c(C3CCCCC3)c3ccc(C(=O)NS(=O)(=O)C(C)C)cc3n2CC(C)(C(=O)O)C(C)C)cc1. The zero-order valence-corrected chi connectivity index (χ0v) is 25.7. The van der Waals surface area contributed by atoms with Gasteiger partial charge in [-0.1, -0.05) is 39.2 Å². The fourth-order valence-electron chi connectivity index (χ4n) is 5.68. The van der Waals surface area contributed by atoms with Gasteiger partial charge in [0.2, 0.25) is 10.0 Å². The van der Waals surface area contributed by atoms with E-state index in [0.717, 1.165) is 59.2 Å². The van der Waals surface area contributed by atoms with Crippen molar-refractivity contribution in [3.05, 3.63) is 53.6 Å². The number of ether oxygens (including phenoxy) is 1. The largest absolute Gasteiger partial charge is 0.497 e. The van der Waals surface area contributed by atoms with Crippen LogP contribution in [0.25, 0.3) is 22.2 Å². The number of rotatable bonds is 10. The second kappa shape index (κ2) is 11.9. The highest BCUT2D eigenvalue weighted by Gasteiger charge is 2.39. The molecule has 3 aromatic rings. The molecule has 1 saturated carbocycles. The van der Waals surface area contributed by atoms with Crippen molar-refractivity contribution in [1.29, 1.82) is 0 Å². The monoisotopic (exact) mass is 582 g/mol. The van der Waals surface area contributed by atoms with Gasteiger partial charge in [-0.25, -0.2) is 13.1 Å². The van der Waals surface area contributed by atoms with Crippen LogP contribution < -0.4 is 9.46 Å². The van der Waals surface area contributed by atoms with Crippen LogP contribution in [0, 0.1) is 11.3 Å². The molecule has 0 bridgehead atoms. The van der Waals surface area contributed by atoms with E-state index < -0.39 is 32.6 Å². The zero-order chi connectivity index (χ0) is 30.1. The number of benzene rings is 2. The molecule has 1 aliphatic rings. The number of carboxylic acid groups (broad SMARTS) is 1. The van der Waals surface area contributed by atoms with Gasteiger partial charge in [0.05, 0.1) is 23.5 Å². The van der Waals surface area contributed by atoms with E-state index in [9.17, 15) is 23.1 Å². The normalized spacial score (nSPS) is 16.2. The Morgan fingerprint density at radius 3 is 2.22 bits per heavy atom. The lowest BCUT2D eigenvalue weighted by atomic mass is 9.78. The molecule has 1 amide bonds. The summed E-state index contributed by atoms with van der Waals surface area (Å²) in [5.41, 5.74) is 2.86. The van der Waals surface area contributed by atoms with Crippen molar-refractivity contribution in [3.8, 4) is 17.0 Å². The Labute approximate surface area is 243 Å². The van der Waals surface area contributed by atoms with Crippen LogP contribution in [0.3, 0.4) is 0 Å². The molecule has 8 nitrogen and oxygen atoms in total. The van der Waals surface area contributed by atoms with Crippen LogP contribution in [0.2, 0.25) is 0 Å². The Kier molecular flexibility index (Phi) is 8.87. The summed E-state index contributed by atoms with van der Waals surface area (Å²) in [6.07, 6.45) is 5.47. The predicted molar refractivity (Wildman–Crippen MR) is 162 cm³/mol. The molecule has 0 spiro atoms. The van der Waals surface area contributed by atoms with E-state index in [-0.39, 0.29) is 23.9 Å². The summed E-state index contributed by atoms with van der Waals surface area (Å²) in [5, 5.41) is 10.6. The lowest BCUT2D eigenvalue weighted by Crippen LogP contribution is -2.37. The molecule has 1 aliphatic carbocycles. The van der Waals surface area contributed by atoms with Crippen molar-refractivity contribution in [1.82, 2.24) is 9.29 Å². The van der Waals surface area contributed by atoms with Gasteiger partial charge >= 0.3 is 5.97 Å². The standard InChI is InChI=1S/C32H42N2O6S/c1-20(2)32(5,31(36)37)19-34-27-18-24(30(35)33-41(38,39)21(3)4)14-17-26(27)28(22-10-8-7-9-11-22)29(34)23-12-15-25(40-6)16-13-23/h12-18,20-22H,7-11,19H2,1-6H3,(H,33,35)(H,36,37). The molecule has 2 N–H and O–H groups in total. The van der Waals surface area contributed by atoms with Crippen LogP contribution in [-0.4, -0.2) is 42.3 Å². The van der Waals surface area contributed by atoms with Gasteiger partial charge in [-0.05, 0) is 93.0 Å². The van der Waals surface area contributed by atoms with Crippen LogP contribution >= 0.6 is 0 Å². The molecule has 1 heterocycles. The van der Waals surface area contributed by atoms with Gasteiger partial charge < -0.3 is 14.4 Å². The molecule has 0 saturated heterocycles. The first-order valence-corrected chi connectivity index (χ1v) is 15.9. The van der Waals surface area contributed by atoms with Crippen LogP contribution in [-0.2, 0) is 21.4 Å². The summed E-state index contributed by atoms with van der Waals surface area (Å²) in [6.45, 7) is 8.78. The number of methoxy groups -OCH3 is 1. The highest BCUT2D eigenvalue weighted by atomic mass is 32.2. The van der Waals surface area contributed by atoms with Gasteiger partial charge in [-0.2, -0.15) is 0 Å². The summed E-state index contributed by atoms with van der Waals surface area (Å²) in [7, 11) is -2.21. The van der Waals surface area contributed by atoms with E-state index in [0.29, 0.717) is 0 Å². The average molecular weight is 583 g/mol. The Morgan fingerprint density at radius 1 is 1.05 bits per heavy atom. The predicted octanol–water partition coefficient (Wildman–Crippen LogP) is 6.58. The summed E-state index contributed by atoms with van der Waals surface area (Å²) in [4.78, 5) is 25.8. The van der Waals surface area contributed by atoms with Crippen LogP contribution in [0.5, 0.6) is 5.75 Å². The minimum Gasteiger partial charge on any atom is -0.497 e. The fraction of sp³-hybridized carbons (Fsp3) is 0.500. The smallest absolute Gasteiger partial charge is 0.311 e. The maximum Gasteiger partial charge on any atom is 0.311 e. The Morgan fingerprint density at radius 2 is 1.68 bits per heavy atom. The molecule has 41 heavy (non-hydrogen) atoms. The summed E-state index contributed by atoms with van der Waals surface area (Å²) < 4.78 is 34.6. The lowest BCUT2D eigenvalue weighted by molar-refractivity contribution is -0.151. The molecule has 1 fully saturated rings. The average Bonchev–Trinajstić information content (AvgIpc) is 3.25. The third-order valence-corrected chi connectivity index (χ3v) is 10.6. The molecule has 1 unspecified atom stereocenters. The molecule has 0 radical (unpaired) electrons. The Hall–Kier alpha value is -3.33. The van der Waals surface area contributed by atoms with Crippen LogP contribution in [0.15, 0.2) is 42.5 Å². The quantitative estimate of drug-likeness (QED) is 0.279. The van der Waals surface area contributed by atoms with Crippen molar-refractivity contribution in [2.45, 2.75) is 84.4 Å². The first kappa shape index (κ1) is 30.6. The molecule has 2 aromatic carbocycles. The molecule has 9 heteroatoms. The number of nitrogens with zero attached hydrogens (tertiary/aromatic N) is 1. The van der Waals surface area contributed by atoms with Crippen molar-refractivity contribution in [2.24, 2.45) is 11.3 Å². The Bertz CT molecular complexity index is 1530. The van der Waals surface area contributed by atoms with E-state index in [1.165, 1.54) is 20.3 Å². The molecule has 4 rings (SSSR count). The third-order valence-electron chi connectivity index (χ3n) is 8.85. The second-order valence-electron chi connectivity index (χ2n) is 12.0. The minimum absolute atomic E-state index is 0.179. The first-order chi connectivity index (χ1) is 19.3. The highest BCUT2D eigenvalue weighted by molar-refractivity contribution is 7.90. The van der Waals surface area contributed by atoms with E-state index >= 15 is 0 Å². The first-order valence-electron chi connectivity index (χ1n) is 14.4. The summed E-state index contributed by atoms with van der Waals surface area (Å²) in [6, 6.07) is 13.1. The molecular weight excluding hydrogens is 540 g/mol. The number of carboxylic acids is 1. The van der Waals surface area contributed by atoms with Gasteiger partial charge in [0, 0.05) is 23.0 Å². The maximum absolute atomic E-state index is 13.1. The molecule has 1 atom stereocenters. The van der Waals surface area contributed by atoms with Gasteiger partial charge in [0.15, 0.2) is 0 Å². The molecule has 222 valence electrons. The maximum atomic E-state index is 13.1. The van der Waals surface area contributed by atoms with Gasteiger partial charge in [0.25, 0.3) is 5.91 Å². The van der Waals surface area contributed by atoms with E-state index in [4.69, 9.17) is 4.74 Å². The number of carbonyl (C=O) groups excluding carboxylic acids is 1. The second-order valence-corrected chi connectivity index (χ2v) is 14.3. The molecular formula is C32H42N2O6S. The topological polar surface area (TPSA) is 115 Å². The number of carbonyl (C=O) groups is 2. The van der Waals surface area contributed by atoms with Gasteiger partial charge in [-0.3, -0.25) is 9.59 Å². The van der Waals surface area contributed by atoms with Crippen molar-refractivity contribution < 1.29 is 27.9 Å². The number of aromatic nitrogens is 1. The lowest BCUT2D eigenvalue weighted by Gasteiger charge is -2.31. The number of hydrogen-bond acceptors (Lipinski definition) is 5. The zero-order valence-electron chi connectivity index (χ0n) is 24.9. The van der Waals surface area contributed by atoms with E-state index in [1.54, 1.807) is 26.2 Å². The van der Waals surface area contributed by atoms with Crippen molar-refractivity contribution >= 4 is 32.8 Å². The van der Waals surface area contributed by atoms with E-state index in [2.05, 4.69) is 4.72 Å². The highest BCUT2D eigenvalue weighted by Crippen LogP contribution is 2.46. The number of amides is 1. The number of fused-ring (bicyclic) bond motifs is 1. The van der Waals surface area contributed by atoms with E-state index in [1.807, 2.05) is 48.7 Å². The van der Waals surface area contributed by atoms with Gasteiger partial charge in [0.1, 0.15) is 5.75 Å². The van der Waals surface area contributed by atoms with Crippen molar-refractivity contribution in [3.63, 3.8) is 0 Å². The summed E-state index contributed by atoms with van der Waals surface area (Å²) in [5.74, 6) is -0.782. The fourth-order valence-corrected chi connectivity index (χ4v) is 6.29. The van der Waals surface area contributed by atoms with Crippen molar-refractivity contribution in [2.75, 3.05) is 7.11 Å². The molecule has 0 aliphatic heterocycles.